The Bertz CT molecular complexity index is 533. The van der Waals surface area contributed by atoms with Crippen LogP contribution in [0.25, 0.3) is 0 Å². The van der Waals surface area contributed by atoms with E-state index in [0.717, 1.165) is 44.9 Å². The molecular weight excluding hydrogens is 296 g/mol. The topological polar surface area (TPSA) is 87.7 Å². The third kappa shape index (κ3) is 7.86. The Balaban J connectivity index is 2.40. The van der Waals surface area contributed by atoms with Gasteiger partial charge in [-0.2, -0.15) is 0 Å². The Kier molecular flexibility index (Phi) is 9.10. The minimum atomic E-state index is -0.768. The number of unbranched alkanes of at least 4 members (excludes halogenated alkanes) is 6. The zero-order chi connectivity index (χ0) is 17.1. The second-order valence-corrected chi connectivity index (χ2v) is 5.98. The molecule has 0 fully saturated rings. The molecule has 0 aliphatic carbocycles. The van der Waals surface area contributed by atoms with Crippen molar-refractivity contribution in [1.29, 1.82) is 0 Å². The van der Waals surface area contributed by atoms with Crippen LogP contribution in [0.3, 0.4) is 0 Å². The summed E-state index contributed by atoms with van der Waals surface area (Å²) in [4.78, 5) is 22.3. The van der Waals surface area contributed by atoms with Gasteiger partial charge in [0.25, 0.3) is 0 Å². The van der Waals surface area contributed by atoms with Crippen LogP contribution >= 0.6 is 0 Å². The van der Waals surface area contributed by atoms with E-state index in [2.05, 4.69) is 6.92 Å². The van der Waals surface area contributed by atoms with Crippen LogP contribution in [0, 0.1) is 0 Å². The van der Waals surface area contributed by atoms with Gasteiger partial charge in [-0.3, -0.25) is 4.79 Å². The summed E-state index contributed by atoms with van der Waals surface area (Å²) in [5.74, 6) is -0.225. The molecule has 0 aliphatic heterocycles. The summed E-state index contributed by atoms with van der Waals surface area (Å²) in [5.41, 5.74) is -0.0475. The Hall–Kier alpha value is -1.78. The van der Waals surface area contributed by atoms with Crippen molar-refractivity contribution in [1.82, 2.24) is 0 Å². The number of aryl methyl sites for hydroxylation is 1. The number of rotatable bonds is 12. The van der Waals surface area contributed by atoms with Crippen LogP contribution < -0.4 is 5.63 Å². The lowest BCUT2D eigenvalue weighted by Gasteiger charge is -2.06. The molecular formula is C18H28O5. The summed E-state index contributed by atoms with van der Waals surface area (Å²) in [7, 11) is 0. The Morgan fingerprint density at radius 1 is 1.04 bits per heavy atom. The van der Waals surface area contributed by atoms with Gasteiger partial charge in [0.15, 0.2) is 0 Å². The van der Waals surface area contributed by atoms with Gasteiger partial charge in [0, 0.05) is 18.9 Å². The normalized spacial score (nSPS) is 10.8. The highest BCUT2D eigenvalue weighted by molar-refractivity contribution is 5.66. The van der Waals surface area contributed by atoms with Gasteiger partial charge < -0.3 is 14.6 Å². The summed E-state index contributed by atoms with van der Waals surface area (Å²) in [6.45, 7) is 2.13. The van der Waals surface area contributed by atoms with Crippen LogP contribution in [0.15, 0.2) is 15.3 Å². The van der Waals surface area contributed by atoms with Crippen molar-refractivity contribution in [2.24, 2.45) is 0 Å². The standard InChI is InChI=1S/C18H28O5/c1-2-3-4-8-11-15-16(19)13-14(23-18(15)22)10-7-5-6-9-12-17(20)21/h13,19H,2-12H2,1H3,(H,20,21). The molecule has 1 heterocycles. The molecule has 0 saturated carbocycles. The quantitative estimate of drug-likeness (QED) is 0.566. The lowest BCUT2D eigenvalue weighted by Crippen LogP contribution is -2.09. The number of aromatic hydroxyl groups is 1. The molecule has 1 rings (SSSR count). The first-order valence-corrected chi connectivity index (χ1v) is 8.61. The Morgan fingerprint density at radius 2 is 1.70 bits per heavy atom. The molecule has 0 aliphatic rings. The second kappa shape index (κ2) is 10.9. The summed E-state index contributed by atoms with van der Waals surface area (Å²) < 4.78 is 5.28. The molecule has 1 aromatic heterocycles. The molecule has 0 saturated heterocycles. The predicted octanol–water partition coefficient (Wildman–Crippen LogP) is 4.05. The highest BCUT2D eigenvalue weighted by atomic mass is 16.4. The largest absolute Gasteiger partial charge is 0.507 e. The first kappa shape index (κ1) is 19.3. The summed E-state index contributed by atoms with van der Waals surface area (Å²) in [5, 5.41) is 18.6. The van der Waals surface area contributed by atoms with Crippen molar-refractivity contribution in [3.05, 3.63) is 27.8 Å². The van der Waals surface area contributed by atoms with Gasteiger partial charge in [0.05, 0.1) is 5.56 Å². The fraction of sp³-hybridized carbons (Fsp3) is 0.667. The van der Waals surface area contributed by atoms with Crippen LogP contribution in [0.5, 0.6) is 5.75 Å². The number of aliphatic carboxylic acids is 1. The minimum Gasteiger partial charge on any atom is -0.507 e. The van der Waals surface area contributed by atoms with E-state index in [0.29, 0.717) is 30.6 Å². The van der Waals surface area contributed by atoms with E-state index < -0.39 is 11.6 Å². The lowest BCUT2D eigenvalue weighted by molar-refractivity contribution is -0.137. The van der Waals surface area contributed by atoms with Crippen molar-refractivity contribution in [2.75, 3.05) is 0 Å². The number of carbonyl (C=O) groups is 1. The van der Waals surface area contributed by atoms with Gasteiger partial charge >= 0.3 is 11.6 Å². The molecule has 0 atom stereocenters. The first-order valence-electron chi connectivity index (χ1n) is 8.61. The lowest BCUT2D eigenvalue weighted by atomic mass is 10.1. The maximum absolute atomic E-state index is 11.9. The van der Waals surface area contributed by atoms with Gasteiger partial charge in [-0.1, -0.05) is 39.0 Å². The van der Waals surface area contributed by atoms with Gasteiger partial charge in [0.2, 0.25) is 0 Å². The minimum absolute atomic E-state index is 0.0404. The predicted molar refractivity (Wildman–Crippen MR) is 88.9 cm³/mol. The fourth-order valence-corrected chi connectivity index (χ4v) is 2.57. The van der Waals surface area contributed by atoms with E-state index in [1.807, 2.05) is 0 Å². The maximum atomic E-state index is 11.9. The van der Waals surface area contributed by atoms with Crippen molar-refractivity contribution < 1.29 is 19.4 Å². The Morgan fingerprint density at radius 3 is 2.35 bits per heavy atom. The molecule has 2 N–H and O–H groups in total. The van der Waals surface area contributed by atoms with E-state index in [-0.39, 0.29) is 12.2 Å². The highest BCUT2D eigenvalue weighted by Crippen LogP contribution is 2.19. The van der Waals surface area contributed by atoms with Crippen molar-refractivity contribution in [3.63, 3.8) is 0 Å². The molecule has 0 unspecified atom stereocenters. The zero-order valence-corrected chi connectivity index (χ0v) is 14.0. The molecule has 5 nitrogen and oxygen atoms in total. The third-order valence-electron chi connectivity index (χ3n) is 3.92. The fourth-order valence-electron chi connectivity index (χ4n) is 2.57. The maximum Gasteiger partial charge on any atom is 0.342 e. The number of carboxylic acid groups (broad SMARTS) is 1. The molecule has 1 aromatic rings. The van der Waals surface area contributed by atoms with E-state index >= 15 is 0 Å². The molecule has 5 heteroatoms. The number of hydrogen-bond acceptors (Lipinski definition) is 4. The number of carboxylic acids is 1. The van der Waals surface area contributed by atoms with E-state index in [4.69, 9.17) is 9.52 Å². The monoisotopic (exact) mass is 324 g/mol. The molecule has 0 spiro atoms. The van der Waals surface area contributed by atoms with Crippen molar-refractivity contribution in [2.45, 2.75) is 77.6 Å². The van der Waals surface area contributed by atoms with Gasteiger partial charge in [0.1, 0.15) is 11.5 Å². The van der Waals surface area contributed by atoms with Crippen LogP contribution in [0.1, 0.15) is 76.0 Å². The summed E-state index contributed by atoms with van der Waals surface area (Å²) in [6.07, 6.45) is 8.76. The van der Waals surface area contributed by atoms with Crippen LogP contribution in [-0.4, -0.2) is 16.2 Å². The van der Waals surface area contributed by atoms with Crippen LogP contribution in [0.2, 0.25) is 0 Å². The van der Waals surface area contributed by atoms with E-state index in [1.54, 1.807) is 6.07 Å². The smallest absolute Gasteiger partial charge is 0.342 e. The second-order valence-electron chi connectivity index (χ2n) is 5.98. The Labute approximate surface area is 137 Å². The molecule has 23 heavy (non-hydrogen) atoms. The molecule has 0 aromatic carbocycles. The molecule has 0 amide bonds. The first-order chi connectivity index (χ1) is 11.0. The van der Waals surface area contributed by atoms with Crippen LogP contribution in [-0.2, 0) is 17.6 Å². The third-order valence-corrected chi connectivity index (χ3v) is 3.92. The highest BCUT2D eigenvalue weighted by Gasteiger charge is 2.11. The van der Waals surface area contributed by atoms with Gasteiger partial charge in [-0.05, 0) is 25.7 Å². The average molecular weight is 324 g/mol. The van der Waals surface area contributed by atoms with Gasteiger partial charge in [-0.15, -0.1) is 0 Å². The average Bonchev–Trinajstić information content (AvgIpc) is 2.49. The molecule has 0 bridgehead atoms. The van der Waals surface area contributed by atoms with Crippen molar-refractivity contribution >= 4 is 5.97 Å². The van der Waals surface area contributed by atoms with E-state index in [9.17, 15) is 14.7 Å². The molecule has 130 valence electrons. The van der Waals surface area contributed by atoms with Crippen molar-refractivity contribution in [3.8, 4) is 5.75 Å². The molecule has 0 radical (unpaired) electrons. The van der Waals surface area contributed by atoms with Crippen LogP contribution in [0.4, 0.5) is 0 Å². The van der Waals surface area contributed by atoms with Gasteiger partial charge in [-0.25, -0.2) is 4.79 Å². The SMILES string of the molecule is CCCCCCc1c(O)cc(CCCCCCC(=O)O)oc1=O. The zero-order valence-electron chi connectivity index (χ0n) is 14.0. The summed E-state index contributed by atoms with van der Waals surface area (Å²) in [6, 6.07) is 1.55. The number of hydrogen-bond donors (Lipinski definition) is 2. The summed E-state index contributed by atoms with van der Waals surface area (Å²) >= 11 is 0. The van der Waals surface area contributed by atoms with E-state index in [1.165, 1.54) is 0 Å².